The first-order chi connectivity index (χ1) is 25.8. The number of hydrogen-bond acceptors (Lipinski definition) is 5. The summed E-state index contributed by atoms with van der Waals surface area (Å²) in [5.74, 6) is 1.88. The number of nitrogens with one attached hydrogen (secondary N) is 1. The molecular formula is C47H34N4O. The van der Waals surface area contributed by atoms with Crippen molar-refractivity contribution in [2.75, 3.05) is 0 Å². The average molecular weight is 671 g/mol. The number of furan rings is 1. The second-order valence-electron chi connectivity index (χ2n) is 13.5. The Hall–Kier alpha value is -6.59. The lowest BCUT2D eigenvalue weighted by Crippen LogP contribution is -2.36. The van der Waals surface area contributed by atoms with Crippen LogP contribution in [0.5, 0.6) is 0 Å². The normalized spacial score (nSPS) is 15.7. The van der Waals surface area contributed by atoms with Gasteiger partial charge in [0.1, 0.15) is 22.8 Å². The standard InChI is InChI=1S/C47H34N4O/c1-4-12-30(13-5-1)36-24-21-31-18-11-27-48-44(31)39-28-34(22-25-37(36)39)35-23-26-41-40(29-35)43-38(19-10-20-42(43)52-41)47-50-45(32-14-6-2-7-15-32)49-46(51-47)33-16-8-3-9-17-33/h1-20,22-23,25-29,36,47H,21,24H2,(H,49,50,51). The predicted octanol–water partition coefficient (Wildman–Crippen LogP) is 10.9. The summed E-state index contributed by atoms with van der Waals surface area (Å²) in [5, 5.41) is 5.60. The molecule has 8 aromatic rings. The maximum Gasteiger partial charge on any atom is 0.170 e. The van der Waals surface area contributed by atoms with Gasteiger partial charge in [-0.05, 0) is 71.0 Å². The van der Waals surface area contributed by atoms with E-state index in [-0.39, 0.29) is 0 Å². The molecule has 1 N–H and O–H groups in total. The third-order valence-electron chi connectivity index (χ3n) is 10.5. The number of fused-ring (bicyclic) bond motifs is 6. The number of pyridine rings is 1. The molecule has 0 saturated carbocycles. The SMILES string of the molecule is c1ccc(C2=NC(c3cccc4oc5ccc(-c6ccc7c(c6)-c6ncccc6CCC7c6ccccc6)cc5c34)N=C(c3ccccc3)N2)cc1. The first-order valence-corrected chi connectivity index (χ1v) is 17.9. The topological polar surface area (TPSA) is 62.8 Å². The van der Waals surface area contributed by atoms with E-state index in [9.17, 15) is 0 Å². The van der Waals surface area contributed by atoms with Crippen molar-refractivity contribution >= 4 is 33.6 Å². The molecule has 1 atom stereocenters. The van der Waals surface area contributed by atoms with E-state index in [1.807, 2.05) is 54.7 Å². The zero-order valence-electron chi connectivity index (χ0n) is 28.4. The molecule has 248 valence electrons. The molecule has 0 radical (unpaired) electrons. The van der Waals surface area contributed by atoms with Gasteiger partial charge in [0.15, 0.2) is 6.17 Å². The van der Waals surface area contributed by atoms with Crippen LogP contribution in [0.2, 0.25) is 0 Å². The molecule has 1 unspecified atom stereocenters. The highest BCUT2D eigenvalue weighted by Crippen LogP contribution is 2.43. The van der Waals surface area contributed by atoms with E-state index in [0.29, 0.717) is 5.92 Å². The van der Waals surface area contributed by atoms with E-state index in [4.69, 9.17) is 19.4 Å². The molecule has 0 fully saturated rings. The van der Waals surface area contributed by atoms with E-state index in [2.05, 4.69) is 115 Å². The van der Waals surface area contributed by atoms with Gasteiger partial charge in [0.2, 0.25) is 0 Å². The summed E-state index contributed by atoms with van der Waals surface area (Å²) in [7, 11) is 0. The van der Waals surface area contributed by atoms with Crippen molar-refractivity contribution in [1.82, 2.24) is 10.3 Å². The third kappa shape index (κ3) is 5.30. The molecular weight excluding hydrogens is 637 g/mol. The second kappa shape index (κ2) is 12.6. The fraction of sp³-hybridized carbons (Fsp3) is 0.0851. The fourth-order valence-corrected chi connectivity index (χ4v) is 7.94. The van der Waals surface area contributed by atoms with Gasteiger partial charge in [-0.15, -0.1) is 0 Å². The summed E-state index contributed by atoms with van der Waals surface area (Å²) in [6.07, 6.45) is 3.48. The van der Waals surface area contributed by atoms with Crippen LogP contribution in [0.25, 0.3) is 44.3 Å². The zero-order chi connectivity index (χ0) is 34.4. The summed E-state index contributed by atoms with van der Waals surface area (Å²) >= 11 is 0. The molecule has 10 rings (SSSR count). The van der Waals surface area contributed by atoms with E-state index in [1.165, 1.54) is 22.3 Å². The van der Waals surface area contributed by atoms with Crippen LogP contribution in [0, 0.1) is 0 Å². The minimum Gasteiger partial charge on any atom is -0.456 e. The van der Waals surface area contributed by atoms with Gasteiger partial charge in [-0.2, -0.15) is 0 Å². The Kier molecular flexibility index (Phi) is 7.35. The number of benzene rings is 6. The summed E-state index contributed by atoms with van der Waals surface area (Å²) in [5.41, 5.74) is 13.2. The molecule has 5 heteroatoms. The van der Waals surface area contributed by atoms with Gasteiger partial charge in [0.05, 0.1) is 5.69 Å². The van der Waals surface area contributed by atoms with Crippen molar-refractivity contribution in [3.8, 4) is 22.4 Å². The smallest absolute Gasteiger partial charge is 0.170 e. The Labute approximate surface area is 302 Å². The number of rotatable bonds is 5. The largest absolute Gasteiger partial charge is 0.456 e. The molecule has 1 aliphatic heterocycles. The Morgan fingerprint density at radius 3 is 2.00 bits per heavy atom. The number of aromatic nitrogens is 1. The van der Waals surface area contributed by atoms with Crippen molar-refractivity contribution < 1.29 is 4.42 Å². The Morgan fingerprint density at radius 1 is 0.558 bits per heavy atom. The minimum absolute atomic E-state index is 0.301. The Bertz CT molecular complexity index is 2600. The van der Waals surface area contributed by atoms with Crippen LogP contribution in [0.1, 0.15) is 51.9 Å². The molecule has 2 aliphatic rings. The van der Waals surface area contributed by atoms with Crippen LogP contribution in [0.4, 0.5) is 0 Å². The van der Waals surface area contributed by atoms with Crippen LogP contribution in [0.15, 0.2) is 178 Å². The third-order valence-corrected chi connectivity index (χ3v) is 10.5. The van der Waals surface area contributed by atoms with Gasteiger partial charge in [-0.25, -0.2) is 9.98 Å². The fourth-order valence-electron chi connectivity index (χ4n) is 7.94. The molecule has 5 nitrogen and oxygen atoms in total. The summed E-state index contributed by atoms with van der Waals surface area (Å²) < 4.78 is 6.49. The van der Waals surface area contributed by atoms with Gasteiger partial charge < -0.3 is 9.73 Å². The van der Waals surface area contributed by atoms with Crippen LogP contribution >= 0.6 is 0 Å². The van der Waals surface area contributed by atoms with Crippen molar-refractivity contribution in [2.24, 2.45) is 9.98 Å². The van der Waals surface area contributed by atoms with Gasteiger partial charge in [-0.3, -0.25) is 4.98 Å². The monoisotopic (exact) mass is 670 g/mol. The number of nitrogens with zero attached hydrogens (tertiary/aromatic N) is 3. The summed E-state index contributed by atoms with van der Waals surface area (Å²) in [6, 6.07) is 55.3. The first kappa shape index (κ1) is 30.3. The number of hydrogen-bond donors (Lipinski definition) is 1. The molecule has 0 amide bonds. The van der Waals surface area contributed by atoms with Crippen molar-refractivity contribution in [3.63, 3.8) is 0 Å². The zero-order valence-corrected chi connectivity index (χ0v) is 28.4. The molecule has 1 aliphatic carbocycles. The molecule has 0 spiro atoms. The summed E-state index contributed by atoms with van der Waals surface area (Å²) in [4.78, 5) is 15.3. The lowest BCUT2D eigenvalue weighted by Gasteiger charge is -2.22. The Morgan fingerprint density at radius 2 is 1.25 bits per heavy atom. The minimum atomic E-state index is -0.468. The van der Waals surface area contributed by atoms with Crippen molar-refractivity contribution in [1.29, 1.82) is 0 Å². The molecule has 52 heavy (non-hydrogen) atoms. The first-order valence-electron chi connectivity index (χ1n) is 17.9. The lowest BCUT2D eigenvalue weighted by molar-refractivity contribution is 0.667. The predicted molar refractivity (Wildman–Crippen MR) is 211 cm³/mol. The van der Waals surface area contributed by atoms with E-state index in [1.54, 1.807) is 0 Å². The van der Waals surface area contributed by atoms with Crippen LogP contribution < -0.4 is 5.32 Å². The maximum absolute atomic E-state index is 6.49. The van der Waals surface area contributed by atoms with Crippen LogP contribution in [-0.2, 0) is 6.42 Å². The van der Waals surface area contributed by atoms with Gasteiger partial charge in [-0.1, -0.05) is 127 Å². The van der Waals surface area contributed by atoms with Crippen molar-refractivity contribution in [3.05, 3.63) is 197 Å². The molecule has 0 bridgehead atoms. The highest BCUT2D eigenvalue weighted by Gasteiger charge is 2.26. The lowest BCUT2D eigenvalue weighted by atomic mass is 9.85. The van der Waals surface area contributed by atoms with Crippen LogP contribution in [0.3, 0.4) is 0 Å². The molecule has 3 heterocycles. The Balaban J connectivity index is 1.12. The van der Waals surface area contributed by atoms with Crippen molar-refractivity contribution in [2.45, 2.75) is 24.9 Å². The highest BCUT2D eigenvalue weighted by atomic mass is 16.3. The van der Waals surface area contributed by atoms with E-state index in [0.717, 1.165) is 80.0 Å². The second-order valence-corrected chi connectivity index (χ2v) is 13.5. The number of aliphatic imine (C=N–C) groups is 2. The highest BCUT2D eigenvalue weighted by molar-refractivity contribution is 6.16. The number of amidine groups is 2. The maximum atomic E-state index is 6.49. The molecule has 6 aromatic carbocycles. The van der Waals surface area contributed by atoms with Gasteiger partial charge in [0.25, 0.3) is 0 Å². The molecule has 2 aromatic heterocycles. The van der Waals surface area contributed by atoms with Gasteiger partial charge in [0, 0.05) is 45.1 Å². The van der Waals surface area contributed by atoms with Gasteiger partial charge >= 0.3 is 0 Å². The summed E-state index contributed by atoms with van der Waals surface area (Å²) in [6.45, 7) is 0. The van der Waals surface area contributed by atoms with E-state index < -0.39 is 6.17 Å². The number of aryl methyl sites for hydroxylation is 1. The quantitative estimate of drug-likeness (QED) is 0.198. The van der Waals surface area contributed by atoms with E-state index >= 15 is 0 Å². The van der Waals surface area contributed by atoms with Crippen LogP contribution in [-0.4, -0.2) is 16.7 Å². The molecule has 0 saturated heterocycles. The average Bonchev–Trinajstić information content (AvgIpc) is 3.52.